The van der Waals surface area contributed by atoms with Gasteiger partial charge in [0.1, 0.15) is 0 Å². The van der Waals surface area contributed by atoms with Crippen LogP contribution in [0.5, 0.6) is 0 Å². The van der Waals surface area contributed by atoms with Crippen molar-refractivity contribution < 1.29 is 13.5 Å². The molecule has 2 rings (SSSR count). The number of hydrogen-bond acceptors (Lipinski definition) is 4. The molecule has 1 N–H and O–H groups in total. The lowest BCUT2D eigenvalue weighted by molar-refractivity contribution is 0.179. The molecule has 0 saturated heterocycles. The SMILES string of the molecule is CS(=O)(=O)c1ccc(C(O)Cc2cccs2)cc1. The molecule has 0 aliphatic carbocycles. The van der Waals surface area contributed by atoms with Crippen molar-refractivity contribution in [2.75, 3.05) is 6.26 Å². The summed E-state index contributed by atoms with van der Waals surface area (Å²) in [5, 5.41) is 12.0. The van der Waals surface area contributed by atoms with Crippen molar-refractivity contribution in [3.8, 4) is 0 Å². The minimum atomic E-state index is -3.17. The van der Waals surface area contributed by atoms with Gasteiger partial charge >= 0.3 is 0 Å². The highest BCUT2D eigenvalue weighted by Crippen LogP contribution is 2.22. The van der Waals surface area contributed by atoms with Gasteiger partial charge in [0.05, 0.1) is 11.0 Å². The van der Waals surface area contributed by atoms with Crippen molar-refractivity contribution in [2.24, 2.45) is 0 Å². The van der Waals surface area contributed by atoms with Crippen LogP contribution in [0, 0.1) is 0 Å². The van der Waals surface area contributed by atoms with Crippen molar-refractivity contribution in [2.45, 2.75) is 17.4 Å². The summed E-state index contributed by atoms with van der Waals surface area (Å²) >= 11 is 1.60. The standard InChI is InChI=1S/C13H14O3S2/c1-18(15,16)12-6-4-10(5-7-12)13(14)9-11-3-2-8-17-11/h2-8,13-14H,9H2,1H3. The third kappa shape index (κ3) is 3.19. The fourth-order valence-corrected chi connectivity index (χ4v) is 3.05. The molecule has 0 bridgehead atoms. The molecule has 0 amide bonds. The molecule has 96 valence electrons. The molecular weight excluding hydrogens is 268 g/mol. The first-order valence-corrected chi connectivity index (χ1v) is 8.24. The van der Waals surface area contributed by atoms with Crippen LogP contribution in [0.4, 0.5) is 0 Å². The predicted octanol–water partition coefficient (Wildman–Crippen LogP) is 2.43. The van der Waals surface area contributed by atoms with E-state index < -0.39 is 15.9 Å². The van der Waals surface area contributed by atoms with E-state index in [1.165, 1.54) is 18.4 Å². The predicted molar refractivity (Wildman–Crippen MR) is 72.5 cm³/mol. The zero-order chi connectivity index (χ0) is 13.2. The van der Waals surface area contributed by atoms with Crippen LogP contribution in [0.1, 0.15) is 16.5 Å². The number of benzene rings is 1. The van der Waals surface area contributed by atoms with E-state index in [-0.39, 0.29) is 4.90 Å². The second kappa shape index (κ2) is 5.22. The lowest BCUT2D eigenvalue weighted by atomic mass is 10.1. The van der Waals surface area contributed by atoms with Gasteiger partial charge in [-0.25, -0.2) is 8.42 Å². The number of hydrogen-bond donors (Lipinski definition) is 1. The first-order valence-electron chi connectivity index (χ1n) is 5.47. The van der Waals surface area contributed by atoms with Crippen molar-refractivity contribution >= 4 is 21.2 Å². The van der Waals surface area contributed by atoms with Gasteiger partial charge in [0.2, 0.25) is 0 Å². The molecule has 1 aromatic carbocycles. The van der Waals surface area contributed by atoms with Gasteiger partial charge < -0.3 is 5.11 Å². The Kier molecular flexibility index (Phi) is 3.85. The van der Waals surface area contributed by atoms with E-state index in [0.717, 1.165) is 10.4 Å². The van der Waals surface area contributed by atoms with Gasteiger partial charge in [-0.15, -0.1) is 11.3 Å². The van der Waals surface area contributed by atoms with Gasteiger partial charge in [-0.05, 0) is 29.1 Å². The van der Waals surface area contributed by atoms with Crippen LogP contribution in [0.2, 0.25) is 0 Å². The van der Waals surface area contributed by atoms with Crippen LogP contribution in [0.25, 0.3) is 0 Å². The molecule has 3 nitrogen and oxygen atoms in total. The van der Waals surface area contributed by atoms with E-state index >= 15 is 0 Å². The summed E-state index contributed by atoms with van der Waals surface area (Å²) in [6.07, 6.45) is 1.12. The summed E-state index contributed by atoms with van der Waals surface area (Å²) in [6, 6.07) is 10.3. The van der Waals surface area contributed by atoms with Crippen molar-refractivity contribution in [3.05, 3.63) is 52.2 Å². The summed E-state index contributed by atoms with van der Waals surface area (Å²) in [5.74, 6) is 0. The highest BCUT2D eigenvalue weighted by Gasteiger charge is 2.11. The van der Waals surface area contributed by atoms with E-state index in [9.17, 15) is 13.5 Å². The van der Waals surface area contributed by atoms with Crippen LogP contribution in [0.15, 0.2) is 46.7 Å². The van der Waals surface area contributed by atoms with Crippen molar-refractivity contribution in [3.63, 3.8) is 0 Å². The molecule has 1 unspecified atom stereocenters. The molecule has 1 heterocycles. The maximum absolute atomic E-state index is 11.3. The monoisotopic (exact) mass is 282 g/mol. The van der Waals surface area contributed by atoms with E-state index in [4.69, 9.17) is 0 Å². The second-order valence-corrected chi connectivity index (χ2v) is 7.19. The van der Waals surface area contributed by atoms with Gasteiger partial charge in [0.15, 0.2) is 9.84 Å². The zero-order valence-electron chi connectivity index (χ0n) is 9.91. The van der Waals surface area contributed by atoms with Crippen LogP contribution in [-0.2, 0) is 16.3 Å². The normalized spacial score (nSPS) is 13.4. The summed E-state index contributed by atoms with van der Waals surface area (Å²) in [6.45, 7) is 0. The number of aliphatic hydroxyl groups is 1. The van der Waals surface area contributed by atoms with Gasteiger partial charge in [0.25, 0.3) is 0 Å². The Bertz CT molecular complexity index is 598. The largest absolute Gasteiger partial charge is 0.388 e. The molecule has 0 saturated carbocycles. The fourth-order valence-electron chi connectivity index (χ4n) is 1.67. The fraction of sp³-hybridized carbons (Fsp3) is 0.231. The number of aliphatic hydroxyl groups excluding tert-OH is 1. The quantitative estimate of drug-likeness (QED) is 0.937. The maximum Gasteiger partial charge on any atom is 0.175 e. The van der Waals surface area contributed by atoms with Crippen LogP contribution in [0.3, 0.4) is 0 Å². The van der Waals surface area contributed by atoms with Gasteiger partial charge in [-0.3, -0.25) is 0 Å². The van der Waals surface area contributed by atoms with Crippen molar-refractivity contribution in [1.29, 1.82) is 0 Å². The molecule has 2 aromatic rings. The molecule has 0 aliphatic heterocycles. The Labute approximate surface area is 111 Å². The lowest BCUT2D eigenvalue weighted by Gasteiger charge is -2.10. The second-order valence-electron chi connectivity index (χ2n) is 4.14. The van der Waals surface area contributed by atoms with Crippen molar-refractivity contribution in [1.82, 2.24) is 0 Å². The first kappa shape index (κ1) is 13.3. The number of sulfone groups is 1. The van der Waals surface area contributed by atoms with Gasteiger partial charge in [0, 0.05) is 17.6 Å². The molecule has 0 fully saturated rings. The van der Waals surface area contributed by atoms with Crippen LogP contribution < -0.4 is 0 Å². The minimum Gasteiger partial charge on any atom is -0.388 e. The Hall–Kier alpha value is -1.17. The third-order valence-electron chi connectivity index (χ3n) is 2.67. The molecule has 1 aromatic heterocycles. The van der Waals surface area contributed by atoms with Crippen LogP contribution >= 0.6 is 11.3 Å². The molecule has 0 aliphatic rings. The molecule has 0 radical (unpaired) electrons. The van der Waals surface area contributed by atoms with E-state index in [1.54, 1.807) is 23.5 Å². The Balaban J connectivity index is 2.14. The molecule has 0 spiro atoms. The maximum atomic E-state index is 11.3. The summed E-state index contributed by atoms with van der Waals surface area (Å²) < 4.78 is 22.6. The number of rotatable bonds is 4. The van der Waals surface area contributed by atoms with E-state index in [1.807, 2.05) is 17.5 Å². The zero-order valence-corrected chi connectivity index (χ0v) is 11.5. The highest BCUT2D eigenvalue weighted by molar-refractivity contribution is 7.90. The minimum absolute atomic E-state index is 0.273. The van der Waals surface area contributed by atoms with Gasteiger partial charge in [-0.1, -0.05) is 18.2 Å². The lowest BCUT2D eigenvalue weighted by Crippen LogP contribution is -2.02. The van der Waals surface area contributed by atoms with E-state index in [0.29, 0.717) is 6.42 Å². The van der Waals surface area contributed by atoms with Gasteiger partial charge in [-0.2, -0.15) is 0 Å². The summed E-state index contributed by atoms with van der Waals surface area (Å²) in [4.78, 5) is 1.38. The molecule has 5 heteroatoms. The number of thiophene rings is 1. The first-order chi connectivity index (χ1) is 8.47. The topological polar surface area (TPSA) is 54.4 Å². The summed E-state index contributed by atoms with van der Waals surface area (Å²) in [5.41, 5.74) is 0.732. The Morgan fingerprint density at radius 2 is 1.89 bits per heavy atom. The Morgan fingerprint density at radius 1 is 1.22 bits per heavy atom. The average Bonchev–Trinajstić information content (AvgIpc) is 2.81. The average molecular weight is 282 g/mol. The van der Waals surface area contributed by atoms with Crippen LogP contribution in [-0.4, -0.2) is 19.8 Å². The smallest absolute Gasteiger partial charge is 0.175 e. The highest BCUT2D eigenvalue weighted by atomic mass is 32.2. The molecular formula is C13H14O3S2. The molecule has 18 heavy (non-hydrogen) atoms. The molecule has 1 atom stereocenters. The van der Waals surface area contributed by atoms with E-state index in [2.05, 4.69) is 0 Å². The summed E-state index contributed by atoms with van der Waals surface area (Å²) in [7, 11) is -3.17. The Morgan fingerprint density at radius 3 is 2.39 bits per heavy atom. The third-order valence-corrected chi connectivity index (χ3v) is 4.69.